The zero-order valence-electron chi connectivity index (χ0n) is 14.4. The Morgan fingerprint density at radius 2 is 1.74 bits per heavy atom. The van der Waals surface area contributed by atoms with Crippen molar-refractivity contribution in [1.82, 2.24) is 5.32 Å². The molecule has 3 N–H and O–H groups in total. The monoisotopic (exact) mass is 383 g/mol. The maximum absolute atomic E-state index is 12.4. The zero-order chi connectivity index (χ0) is 19.2. The van der Waals surface area contributed by atoms with Crippen LogP contribution >= 0.6 is 11.3 Å². The lowest BCUT2D eigenvalue weighted by Crippen LogP contribution is -2.19. The molecule has 3 rings (SSSR count). The van der Waals surface area contributed by atoms with E-state index in [0.717, 1.165) is 16.9 Å². The Kier molecular flexibility index (Phi) is 5.68. The van der Waals surface area contributed by atoms with Gasteiger partial charge in [0.2, 0.25) is 5.91 Å². The Morgan fingerprint density at radius 1 is 0.963 bits per heavy atom. The van der Waals surface area contributed by atoms with Gasteiger partial charge in [0.1, 0.15) is 0 Å². The van der Waals surface area contributed by atoms with Crippen molar-refractivity contribution in [3.63, 3.8) is 0 Å². The summed E-state index contributed by atoms with van der Waals surface area (Å²) in [7, 11) is 1.59. The van der Waals surface area contributed by atoms with Crippen LogP contribution < -0.4 is 16.0 Å². The number of thiophene rings is 1. The zero-order valence-corrected chi connectivity index (χ0v) is 15.3. The second-order valence-electron chi connectivity index (χ2n) is 5.60. The van der Waals surface area contributed by atoms with Crippen LogP contribution in [0.2, 0.25) is 0 Å². The first kappa shape index (κ1) is 18.4. The van der Waals surface area contributed by atoms with Crippen molar-refractivity contribution < 1.29 is 18.8 Å². The fourth-order valence-electron chi connectivity index (χ4n) is 2.28. The second kappa shape index (κ2) is 8.33. The van der Waals surface area contributed by atoms with Crippen molar-refractivity contribution in [2.45, 2.75) is 6.42 Å². The number of hydrogen-bond acceptors (Lipinski definition) is 5. The van der Waals surface area contributed by atoms with Gasteiger partial charge in [-0.2, -0.15) is 0 Å². The largest absolute Gasteiger partial charge is 0.459 e. The molecule has 27 heavy (non-hydrogen) atoms. The van der Waals surface area contributed by atoms with Crippen molar-refractivity contribution >= 4 is 39.7 Å². The van der Waals surface area contributed by atoms with Gasteiger partial charge in [-0.1, -0.05) is 12.1 Å². The summed E-state index contributed by atoms with van der Waals surface area (Å²) in [5.41, 5.74) is 1.47. The number of benzene rings is 1. The molecule has 1 aromatic carbocycles. The summed E-state index contributed by atoms with van der Waals surface area (Å²) >= 11 is 1.16. The van der Waals surface area contributed by atoms with Crippen LogP contribution in [0.15, 0.2) is 59.2 Å². The van der Waals surface area contributed by atoms with Crippen LogP contribution in [0.25, 0.3) is 0 Å². The predicted octanol–water partition coefficient (Wildman–Crippen LogP) is 3.13. The first-order chi connectivity index (χ1) is 13.0. The van der Waals surface area contributed by atoms with Crippen LogP contribution in [0.5, 0.6) is 0 Å². The van der Waals surface area contributed by atoms with E-state index < -0.39 is 0 Å². The van der Waals surface area contributed by atoms with Crippen LogP contribution in [0.4, 0.5) is 10.7 Å². The molecule has 3 aromatic rings. The van der Waals surface area contributed by atoms with Crippen LogP contribution in [0, 0.1) is 0 Å². The van der Waals surface area contributed by atoms with E-state index in [1.807, 2.05) is 0 Å². The van der Waals surface area contributed by atoms with E-state index >= 15 is 0 Å². The molecule has 2 heterocycles. The maximum atomic E-state index is 12.4. The topological polar surface area (TPSA) is 100 Å². The van der Waals surface area contributed by atoms with Crippen molar-refractivity contribution in [1.29, 1.82) is 0 Å². The minimum Gasteiger partial charge on any atom is -0.459 e. The molecule has 8 heteroatoms. The Bertz CT molecular complexity index is 946. The van der Waals surface area contributed by atoms with E-state index in [2.05, 4.69) is 16.0 Å². The summed E-state index contributed by atoms with van der Waals surface area (Å²) in [6.45, 7) is 0. The van der Waals surface area contributed by atoms with E-state index in [-0.39, 0.29) is 29.9 Å². The van der Waals surface area contributed by atoms with Crippen LogP contribution in [0.1, 0.15) is 25.8 Å². The summed E-state index contributed by atoms with van der Waals surface area (Å²) in [5, 5.41) is 8.58. The van der Waals surface area contributed by atoms with Crippen LogP contribution in [0.3, 0.4) is 0 Å². The Labute approximate surface area is 159 Å². The van der Waals surface area contributed by atoms with E-state index in [1.54, 1.807) is 55.6 Å². The number of carbonyl (C=O) groups is 3. The first-order valence-electron chi connectivity index (χ1n) is 8.10. The van der Waals surface area contributed by atoms with Gasteiger partial charge in [-0.05, 0) is 42.0 Å². The molecule has 0 spiro atoms. The highest BCUT2D eigenvalue weighted by Gasteiger charge is 2.13. The van der Waals surface area contributed by atoms with Gasteiger partial charge >= 0.3 is 0 Å². The van der Waals surface area contributed by atoms with E-state index in [0.29, 0.717) is 15.6 Å². The average molecular weight is 383 g/mol. The third-order valence-electron chi connectivity index (χ3n) is 3.67. The molecule has 0 fully saturated rings. The number of likely N-dealkylation sites (N-methyl/N-ethyl adjacent to an activating group) is 1. The summed E-state index contributed by atoms with van der Waals surface area (Å²) in [6.07, 6.45) is 1.70. The smallest absolute Gasteiger partial charge is 0.291 e. The minimum atomic E-state index is -0.375. The highest BCUT2D eigenvalue weighted by atomic mass is 32.1. The molecule has 0 radical (unpaired) electrons. The molecule has 0 aliphatic carbocycles. The molecular formula is C19H17N3O4S. The average Bonchev–Trinajstić information content (AvgIpc) is 3.35. The van der Waals surface area contributed by atoms with Gasteiger partial charge in [0.25, 0.3) is 11.8 Å². The van der Waals surface area contributed by atoms with E-state index in [9.17, 15) is 14.4 Å². The summed E-state index contributed by atoms with van der Waals surface area (Å²) in [5.74, 6) is -0.529. The normalized spacial score (nSPS) is 10.3. The van der Waals surface area contributed by atoms with Gasteiger partial charge < -0.3 is 20.4 Å². The molecule has 2 aromatic heterocycles. The standard InChI is InChI=1S/C19H17N3O4S/c1-20-16(23)11-12-4-6-13(7-5-12)21-19(25)15-8-9-17(27-15)22-18(24)14-3-2-10-26-14/h2-10H,11H2,1H3,(H,20,23)(H,21,25)(H,22,24). The fraction of sp³-hybridized carbons (Fsp3) is 0.105. The first-order valence-corrected chi connectivity index (χ1v) is 8.92. The lowest BCUT2D eigenvalue weighted by Gasteiger charge is -2.05. The van der Waals surface area contributed by atoms with E-state index in [1.165, 1.54) is 6.26 Å². The summed E-state index contributed by atoms with van der Waals surface area (Å²) in [6, 6.07) is 13.5. The van der Waals surface area contributed by atoms with Gasteiger partial charge in [-0.3, -0.25) is 14.4 Å². The molecular weight excluding hydrogens is 366 g/mol. The lowest BCUT2D eigenvalue weighted by molar-refractivity contribution is -0.119. The molecule has 3 amide bonds. The van der Waals surface area contributed by atoms with Crippen molar-refractivity contribution in [3.8, 4) is 0 Å². The third-order valence-corrected chi connectivity index (χ3v) is 4.67. The Hall–Kier alpha value is -3.39. The third kappa shape index (κ3) is 4.83. The van der Waals surface area contributed by atoms with Crippen molar-refractivity contribution in [2.24, 2.45) is 0 Å². The van der Waals surface area contributed by atoms with Gasteiger partial charge in [0.15, 0.2) is 5.76 Å². The second-order valence-corrected chi connectivity index (χ2v) is 6.68. The Balaban J connectivity index is 1.59. The quantitative estimate of drug-likeness (QED) is 0.609. The van der Waals surface area contributed by atoms with Gasteiger partial charge in [-0.25, -0.2) is 0 Å². The molecule has 138 valence electrons. The van der Waals surface area contributed by atoms with Crippen LogP contribution in [-0.4, -0.2) is 24.8 Å². The SMILES string of the molecule is CNC(=O)Cc1ccc(NC(=O)c2ccc(NC(=O)c3ccco3)s2)cc1. The number of hydrogen-bond donors (Lipinski definition) is 3. The number of amides is 3. The molecule has 0 atom stereocenters. The molecule has 0 bridgehead atoms. The summed E-state index contributed by atoms with van der Waals surface area (Å²) in [4.78, 5) is 36.1. The molecule has 0 saturated heterocycles. The summed E-state index contributed by atoms with van der Waals surface area (Å²) < 4.78 is 5.03. The number of anilines is 2. The van der Waals surface area contributed by atoms with Gasteiger partial charge in [0, 0.05) is 12.7 Å². The molecule has 0 aliphatic rings. The molecule has 0 unspecified atom stereocenters. The fourth-order valence-corrected chi connectivity index (χ4v) is 3.08. The number of rotatable bonds is 6. The lowest BCUT2D eigenvalue weighted by atomic mass is 10.1. The van der Waals surface area contributed by atoms with Crippen molar-refractivity contribution in [3.05, 3.63) is 71.0 Å². The maximum Gasteiger partial charge on any atom is 0.291 e. The molecule has 7 nitrogen and oxygen atoms in total. The highest BCUT2D eigenvalue weighted by Crippen LogP contribution is 2.24. The molecule has 0 aliphatic heterocycles. The number of furan rings is 1. The molecule has 0 saturated carbocycles. The van der Waals surface area contributed by atoms with Crippen molar-refractivity contribution in [2.75, 3.05) is 17.7 Å². The van der Waals surface area contributed by atoms with E-state index in [4.69, 9.17) is 4.42 Å². The Morgan fingerprint density at radius 3 is 2.41 bits per heavy atom. The van der Waals surface area contributed by atoms with Crippen LogP contribution in [-0.2, 0) is 11.2 Å². The van der Waals surface area contributed by atoms with Gasteiger partial charge in [-0.15, -0.1) is 11.3 Å². The predicted molar refractivity (Wildman–Crippen MR) is 103 cm³/mol. The number of carbonyl (C=O) groups excluding carboxylic acids is 3. The highest BCUT2D eigenvalue weighted by molar-refractivity contribution is 7.18. The van der Waals surface area contributed by atoms with Gasteiger partial charge in [0.05, 0.1) is 22.6 Å². The number of nitrogens with one attached hydrogen (secondary N) is 3. The minimum absolute atomic E-state index is 0.0745.